The lowest BCUT2D eigenvalue weighted by molar-refractivity contribution is -0.383. The van der Waals surface area contributed by atoms with Crippen LogP contribution in [0.5, 0.6) is 0 Å². The monoisotopic (exact) mass is 223 g/mol. The number of rotatable bonds is 3. The highest BCUT2D eigenvalue weighted by atomic mass is 16.6. The van der Waals surface area contributed by atoms with E-state index in [0.717, 1.165) is 6.42 Å². The molecule has 1 unspecified atom stereocenters. The molecular formula is C10H13N3O3. The summed E-state index contributed by atoms with van der Waals surface area (Å²) in [6.07, 6.45) is 0.853. The zero-order valence-electron chi connectivity index (χ0n) is 8.68. The van der Waals surface area contributed by atoms with Gasteiger partial charge in [0.1, 0.15) is 11.4 Å². The van der Waals surface area contributed by atoms with E-state index in [4.69, 9.17) is 10.5 Å². The molecule has 1 saturated heterocycles. The van der Waals surface area contributed by atoms with Gasteiger partial charge in [-0.15, -0.1) is 0 Å². The molecule has 1 atom stereocenters. The van der Waals surface area contributed by atoms with Crippen LogP contribution in [0.3, 0.4) is 0 Å². The average Bonchev–Trinajstić information content (AvgIpc) is 2.70. The SMILES string of the molecule is Nc1cccc(NC2CCOC2)c1[N+](=O)[O-]. The first-order chi connectivity index (χ1) is 7.68. The maximum absolute atomic E-state index is 10.9. The van der Waals surface area contributed by atoms with Crippen molar-refractivity contribution in [2.75, 3.05) is 24.3 Å². The first kappa shape index (κ1) is 10.7. The fourth-order valence-corrected chi connectivity index (χ4v) is 1.75. The van der Waals surface area contributed by atoms with E-state index >= 15 is 0 Å². The lowest BCUT2D eigenvalue weighted by Crippen LogP contribution is -2.19. The van der Waals surface area contributed by atoms with Gasteiger partial charge < -0.3 is 15.8 Å². The molecule has 0 aromatic heterocycles. The molecule has 0 saturated carbocycles. The number of nitrogens with two attached hydrogens (primary N) is 1. The summed E-state index contributed by atoms with van der Waals surface area (Å²) >= 11 is 0. The lowest BCUT2D eigenvalue weighted by Gasteiger charge is -2.12. The van der Waals surface area contributed by atoms with E-state index in [0.29, 0.717) is 18.9 Å². The number of nitrogen functional groups attached to an aromatic ring is 1. The lowest BCUT2D eigenvalue weighted by atomic mass is 10.2. The van der Waals surface area contributed by atoms with Crippen LogP contribution >= 0.6 is 0 Å². The van der Waals surface area contributed by atoms with Crippen molar-refractivity contribution in [1.82, 2.24) is 0 Å². The zero-order valence-corrected chi connectivity index (χ0v) is 8.68. The van der Waals surface area contributed by atoms with Crippen molar-refractivity contribution in [1.29, 1.82) is 0 Å². The van der Waals surface area contributed by atoms with Gasteiger partial charge in [-0.1, -0.05) is 6.07 Å². The molecule has 16 heavy (non-hydrogen) atoms. The van der Waals surface area contributed by atoms with Crippen molar-refractivity contribution in [3.05, 3.63) is 28.3 Å². The number of anilines is 2. The quantitative estimate of drug-likeness (QED) is 0.459. The number of hydrogen-bond acceptors (Lipinski definition) is 5. The number of benzene rings is 1. The number of nitrogens with zero attached hydrogens (tertiary/aromatic N) is 1. The zero-order chi connectivity index (χ0) is 11.5. The van der Waals surface area contributed by atoms with E-state index < -0.39 is 4.92 Å². The molecule has 3 N–H and O–H groups in total. The summed E-state index contributed by atoms with van der Waals surface area (Å²) in [5, 5.41) is 14.0. The van der Waals surface area contributed by atoms with Gasteiger partial charge in [-0.25, -0.2) is 0 Å². The van der Waals surface area contributed by atoms with Crippen LogP contribution < -0.4 is 11.1 Å². The molecule has 0 spiro atoms. The van der Waals surface area contributed by atoms with Gasteiger partial charge in [0, 0.05) is 6.61 Å². The van der Waals surface area contributed by atoms with E-state index in [1.54, 1.807) is 12.1 Å². The molecule has 1 aliphatic heterocycles. The smallest absolute Gasteiger partial charge is 0.314 e. The van der Waals surface area contributed by atoms with Crippen LogP contribution in [0.15, 0.2) is 18.2 Å². The first-order valence-electron chi connectivity index (χ1n) is 5.05. The Morgan fingerprint density at radius 1 is 1.56 bits per heavy atom. The van der Waals surface area contributed by atoms with Crippen molar-refractivity contribution >= 4 is 17.1 Å². The van der Waals surface area contributed by atoms with Crippen LogP contribution in [0.2, 0.25) is 0 Å². The standard InChI is InChI=1S/C10H13N3O3/c11-8-2-1-3-9(10(8)13(14)15)12-7-4-5-16-6-7/h1-3,7,12H,4-6,11H2. The number of nitrogens with one attached hydrogen (secondary N) is 1. The van der Waals surface area contributed by atoms with Gasteiger partial charge in [0.25, 0.3) is 0 Å². The Labute approximate surface area is 92.5 Å². The molecular weight excluding hydrogens is 210 g/mol. The maximum Gasteiger partial charge on any atom is 0.314 e. The predicted molar refractivity (Wildman–Crippen MR) is 60.4 cm³/mol. The van der Waals surface area contributed by atoms with Crippen molar-refractivity contribution in [3.8, 4) is 0 Å². The summed E-state index contributed by atoms with van der Waals surface area (Å²) in [5.74, 6) is 0. The summed E-state index contributed by atoms with van der Waals surface area (Å²) in [5.41, 5.74) is 6.16. The predicted octanol–water partition coefficient (Wildman–Crippen LogP) is 1.38. The molecule has 1 aliphatic rings. The summed E-state index contributed by atoms with van der Waals surface area (Å²) in [6.45, 7) is 1.26. The van der Waals surface area contributed by atoms with E-state index in [1.165, 1.54) is 6.07 Å². The van der Waals surface area contributed by atoms with Gasteiger partial charge in [0.2, 0.25) is 0 Å². The van der Waals surface area contributed by atoms with Crippen LogP contribution in [-0.4, -0.2) is 24.2 Å². The van der Waals surface area contributed by atoms with Crippen LogP contribution in [-0.2, 0) is 4.74 Å². The molecule has 1 aromatic rings. The molecule has 6 nitrogen and oxygen atoms in total. The molecule has 0 bridgehead atoms. The van der Waals surface area contributed by atoms with Crippen molar-refractivity contribution in [2.24, 2.45) is 0 Å². The summed E-state index contributed by atoms with van der Waals surface area (Å²) in [7, 11) is 0. The summed E-state index contributed by atoms with van der Waals surface area (Å²) in [4.78, 5) is 10.4. The fourth-order valence-electron chi connectivity index (χ4n) is 1.75. The Morgan fingerprint density at radius 2 is 2.38 bits per heavy atom. The highest BCUT2D eigenvalue weighted by molar-refractivity contribution is 5.74. The second-order valence-electron chi connectivity index (χ2n) is 3.71. The third kappa shape index (κ3) is 2.06. The third-order valence-electron chi connectivity index (χ3n) is 2.54. The van der Waals surface area contributed by atoms with Gasteiger partial charge in [-0.2, -0.15) is 0 Å². The summed E-state index contributed by atoms with van der Waals surface area (Å²) in [6, 6.07) is 5.00. The van der Waals surface area contributed by atoms with E-state index in [2.05, 4.69) is 5.32 Å². The minimum atomic E-state index is -0.465. The van der Waals surface area contributed by atoms with Crippen LogP contribution in [0.4, 0.5) is 17.1 Å². The minimum Gasteiger partial charge on any atom is -0.393 e. The molecule has 86 valence electrons. The van der Waals surface area contributed by atoms with E-state index in [-0.39, 0.29) is 17.4 Å². The third-order valence-corrected chi connectivity index (χ3v) is 2.54. The molecule has 0 aliphatic carbocycles. The molecule has 1 aromatic carbocycles. The Hall–Kier alpha value is -1.82. The molecule has 2 rings (SSSR count). The van der Waals surface area contributed by atoms with Crippen LogP contribution in [0.25, 0.3) is 0 Å². The van der Waals surface area contributed by atoms with E-state index in [1.807, 2.05) is 0 Å². The number of nitro benzene ring substituents is 1. The Bertz CT molecular complexity index is 402. The van der Waals surface area contributed by atoms with Gasteiger partial charge >= 0.3 is 5.69 Å². The number of nitro groups is 1. The highest BCUT2D eigenvalue weighted by Gasteiger charge is 2.22. The van der Waals surface area contributed by atoms with Gasteiger partial charge in [0.15, 0.2) is 0 Å². The average molecular weight is 223 g/mol. The maximum atomic E-state index is 10.9. The second kappa shape index (κ2) is 4.36. The van der Waals surface area contributed by atoms with Gasteiger partial charge in [-0.05, 0) is 18.6 Å². The van der Waals surface area contributed by atoms with Crippen molar-refractivity contribution < 1.29 is 9.66 Å². The second-order valence-corrected chi connectivity index (χ2v) is 3.71. The van der Waals surface area contributed by atoms with Crippen LogP contribution in [0.1, 0.15) is 6.42 Å². The molecule has 1 fully saturated rings. The Kier molecular flexibility index (Phi) is 2.91. The largest absolute Gasteiger partial charge is 0.393 e. The minimum absolute atomic E-state index is 0.0607. The van der Waals surface area contributed by atoms with Crippen LogP contribution in [0, 0.1) is 10.1 Å². The topological polar surface area (TPSA) is 90.4 Å². The number of ether oxygens (including phenoxy) is 1. The highest BCUT2D eigenvalue weighted by Crippen LogP contribution is 2.31. The van der Waals surface area contributed by atoms with E-state index in [9.17, 15) is 10.1 Å². The summed E-state index contributed by atoms with van der Waals surface area (Å²) < 4.78 is 5.20. The molecule has 0 radical (unpaired) electrons. The van der Waals surface area contributed by atoms with Crippen molar-refractivity contribution in [2.45, 2.75) is 12.5 Å². The number of para-hydroxylation sites is 1. The molecule has 0 amide bonds. The van der Waals surface area contributed by atoms with Gasteiger partial charge in [0.05, 0.1) is 17.6 Å². The fraction of sp³-hybridized carbons (Fsp3) is 0.400. The van der Waals surface area contributed by atoms with Gasteiger partial charge in [-0.3, -0.25) is 10.1 Å². The van der Waals surface area contributed by atoms with Crippen molar-refractivity contribution in [3.63, 3.8) is 0 Å². The Morgan fingerprint density at radius 3 is 3.00 bits per heavy atom. The number of hydrogen-bond donors (Lipinski definition) is 2. The molecule has 1 heterocycles. The first-order valence-corrected chi connectivity index (χ1v) is 5.05. The molecule has 6 heteroatoms. The Balaban J connectivity index is 2.25. The normalized spacial score (nSPS) is 19.6.